The highest BCUT2D eigenvalue weighted by atomic mass is 19.1. The van der Waals surface area contributed by atoms with Crippen molar-refractivity contribution >= 4 is 11.9 Å². The highest BCUT2D eigenvalue weighted by molar-refractivity contribution is 5.95. The van der Waals surface area contributed by atoms with Crippen LogP contribution in [0.25, 0.3) is 0 Å². The molecule has 3 fully saturated rings. The Kier molecular flexibility index (Phi) is 4.58. The van der Waals surface area contributed by atoms with Gasteiger partial charge in [-0.3, -0.25) is 4.79 Å². The van der Waals surface area contributed by atoms with E-state index in [0.29, 0.717) is 37.3 Å². The van der Waals surface area contributed by atoms with Gasteiger partial charge < -0.3 is 20.3 Å². The molecule has 0 saturated carbocycles. The molecule has 0 aliphatic carbocycles. The zero-order valence-corrected chi connectivity index (χ0v) is 15.8. The number of nitrogens with zero attached hydrogens (tertiary/aromatic N) is 1. The fourth-order valence-electron chi connectivity index (χ4n) is 5.04. The van der Waals surface area contributed by atoms with E-state index in [1.54, 1.807) is 19.1 Å². The van der Waals surface area contributed by atoms with E-state index in [1.807, 2.05) is 11.8 Å². The van der Waals surface area contributed by atoms with E-state index >= 15 is 0 Å². The van der Waals surface area contributed by atoms with Crippen molar-refractivity contribution in [1.82, 2.24) is 15.5 Å². The predicted octanol–water partition coefficient (Wildman–Crippen LogP) is 2.07. The lowest BCUT2D eigenvalue weighted by Crippen LogP contribution is -2.42. The largest absolute Gasteiger partial charge is 0.369 e. The van der Waals surface area contributed by atoms with E-state index in [2.05, 4.69) is 10.6 Å². The zero-order chi connectivity index (χ0) is 19.2. The van der Waals surface area contributed by atoms with Crippen molar-refractivity contribution < 1.29 is 18.7 Å². The zero-order valence-electron chi connectivity index (χ0n) is 15.8. The van der Waals surface area contributed by atoms with E-state index in [-0.39, 0.29) is 41.3 Å². The van der Waals surface area contributed by atoms with Crippen LogP contribution in [0.4, 0.5) is 9.18 Å². The SMILES string of the molecule is CCNC(=O)N1C[C@@H]2[C@H](CNC(=O)c3cccc(F)c3C)[C@H]3CC[C@]2(C1)O3. The molecule has 3 heterocycles. The van der Waals surface area contributed by atoms with Crippen molar-refractivity contribution in [3.8, 4) is 0 Å². The molecule has 3 amide bonds. The van der Waals surface area contributed by atoms with E-state index in [4.69, 9.17) is 4.74 Å². The third kappa shape index (κ3) is 2.98. The van der Waals surface area contributed by atoms with Crippen LogP contribution in [-0.2, 0) is 4.74 Å². The molecule has 1 spiro atoms. The molecule has 2 bridgehead atoms. The third-order valence-corrected chi connectivity index (χ3v) is 6.41. The monoisotopic (exact) mass is 375 g/mol. The van der Waals surface area contributed by atoms with Gasteiger partial charge in [0.1, 0.15) is 5.82 Å². The Morgan fingerprint density at radius 3 is 2.96 bits per heavy atom. The topological polar surface area (TPSA) is 70.7 Å². The molecule has 146 valence electrons. The van der Waals surface area contributed by atoms with Gasteiger partial charge in [-0.1, -0.05) is 6.07 Å². The molecular formula is C20H26FN3O3. The lowest BCUT2D eigenvalue weighted by atomic mass is 9.73. The second-order valence-electron chi connectivity index (χ2n) is 7.87. The van der Waals surface area contributed by atoms with Crippen LogP contribution in [0.15, 0.2) is 18.2 Å². The molecule has 27 heavy (non-hydrogen) atoms. The Bertz CT molecular complexity index is 771. The highest BCUT2D eigenvalue weighted by Gasteiger charge is 2.63. The summed E-state index contributed by atoms with van der Waals surface area (Å²) in [7, 11) is 0. The summed E-state index contributed by atoms with van der Waals surface area (Å²) in [5.41, 5.74) is 0.461. The van der Waals surface area contributed by atoms with Gasteiger partial charge in [0.2, 0.25) is 0 Å². The summed E-state index contributed by atoms with van der Waals surface area (Å²) in [5.74, 6) is -0.232. The van der Waals surface area contributed by atoms with Crippen LogP contribution < -0.4 is 10.6 Å². The first-order valence-electron chi connectivity index (χ1n) is 9.69. The van der Waals surface area contributed by atoms with Crippen molar-refractivity contribution in [1.29, 1.82) is 0 Å². The Hall–Kier alpha value is -2.15. The summed E-state index contributed by atoms with van der Waals surface area (Å²) in [6.45, 7) is 5.87. The normalized spacial score (nSPS) is 31.1. The predicted molar refractivity (Wildman–Crippen MR) is 97.9 cm³/mol. The first-order chi connectivity index (χ1) is 12.9. The van der Waals surface area contributed by atoms with Crippen LogP contribution in [0.5, 0.6) is 0 Å². The fraction of sp³-hybridized carbons (Fsp3) is 0.600. The number of carbonyl (C=O) groups excluding carboxylic acids is 2. The first-order valence-corrected chi connectivity index (χ1v) is 9.69. The smallest absolute Gasteiger partial charge is 0.317 e. The van der Waals surface area contributed by atoms with Crippen molar-refractivity contribution in [3.63, 3.8) is 0 Å². The van der Waals surface area contributed by atoms with Crippen molar-refractivity contribution in [2.24, 2.45) is 11.8 Å². The molecule has 0 aromatic heterocycles. The number of halogens is 1. The Morgan fingerprint density at radius 1 is 1.37 bits per heavy atom. The lowest BCUT2D eigenvalue weighted by molar-refractivity contribution is 0.00555. The van der Waals surface area contributed by atoms with Gasteiger partial charge in [-0.2, -0.15) is 0 Å². The molecule has 6 nitrogen and oxygen atoms in total. The summed E-state index contributed by atoms with van der Waals surface area (Å²) in [5, 5.41) is 5.82. The maximum Gasteiger partial charge on any atom is 0.317 e. The van der Waals surface area contributed by atoms with Gasteiger partial charge in [0.05, 0.1) is 18.2 Å². The standard InChI is InChI=1S/C20H26FN3O3/c1-3-22-19(26)24-10-15-14(17-7-8-20(15,11-24)27-17)9-23-18(25)13-5-4-6-16(21)12(13)2/h4-6,14-15,17H,3,7-11H2,1-2H3,(H,22,26)(H,23,25)/t14-,15+,17+,20+/m0/s1. The third-order valence-electron chi connectivity index (χ3n) is 6.41. The number of hydrogen-bond donors (Lipinski definition) is 2. The second-order valence-corrected chi connectivity index (χ2v) is 7.87. The van der Waals surface area contributed by atoms with Crippen molar-refractivity contribution in [2.45, 2.75) is 38.4 Å². The van der Waals surface area contributed by atoms with Crippen LogP contribution in [0.3, 0.4) is 0 Å². The van der Waals surface area contributed by atoms with Crippen molar-refractivity contribution in [3.05, 3.63) is 35.1 Å². The molecule has 0 unspecified atom stereocenters. The number of nitrogens with one attached hydrogen (secondary N) is 2. The Morgan fingerprint density at radius 2 is 2.19 bits per heavy atom. The minimum absolute atomic E-state index is 0.0495. The maximum atomic E-state index is 13.7. The number of urea groups is 1. The van der Waals surface area contributed by atoms with E-state index < -0.39 is 0 Å². The highest BCUT2D eigenvalue weighted by Crippen LogP contribution is 2.54. The van der Waals surface area contributed by atoms with E-state index in [9.17, 15) is 14.0 Å². The van der Waals surface area contributed by atoms with Crippen LogP contribution in [0.2, 0.25) is 0 Å². The first kappa shape index (κ1) is 18.2. The summed E-state index contributed by atoms with van der Waals surface area (Å²) < 4.78 is 20.0. The summed E-state index contributed by atoms with van der Waals surface area (Å²) in [6.07, 6.45) is 2.05. The van der Waals surface area contributed by atoms with Gasteiger partial charge in [0.25, 0.3) is 5.91 Å². The Labute approximate surface area is 158 Å². The molecule has 3 aliphatic heterocycles. The number of amides is 3. The number of likely N-dealkylation sites (tertiary alicyclic amines) is 1. The number of fused-ring (bicyclic) bond motifs is 1. The summed E-state index contributed by atoms with van der Waals surface area (Å²) in [4.78, 5) is 26.6. The lowest BCUT2D eigenvalue weighted by Gasteiger charge is -2.29. The minimum Gasteiger partial charge on any atom is -0.369 e. The molecule has 4 rings (SSSR count). The summed E-state index contributed by atoms with van der Waals surface area (Å²) in [6, 6.07) is 4.49. The molecule has 0 radical (unpaired) electrons. The van der Waals surface area contributed by atoms with Gasteiger partial charge in [-0.15, -0.1) is 0 Å². The van der Waals surface area contributed by atoms with E-state index in [0.717, 1.165) is 12.8 Å². The number of benzene rings is 1. The van der Waals surface area contributed by atoms with Gasteiger partial charge in [0, 0.05) is 37.0 Å². The second kappa shape index (κ2) is 6.78. The van der Waals surface area contributed by atoms with Gasteiger partial charge >= 0.3 is 6.03 Å². The quantitative estimate of drug-likeness (QED) is 0.846. The Balaban J connectivity index is 1.43. The molecule has 3 aliphatic rings. The molecule has 7 heteroatoms. The number of carbonyl (C=O) groups is 2. The fourth-order valence-corrected chi connectivity index (χ4v) is 5.04. The molecule has 4 atom stereocenters. The number of hydrogen-bond acceptors (Lipinski definition) is 3. The number of rotatable bonds is 4. The van der Waals surface area contributed by atoms with E-state index in [1.165, 1.54) is 6.07 Å². The maximum absolute atomic E-state index is 13.7. The van der Waals surface area contributed by atoms with Crippen molar-refractivity contribution in [2.75, 3.05) is 26.2 Å². The molecular weight excluding hydrogens is 349 g/mol. The molecule has 2 N–H and O–H groups in total. The molecule has 1 aromatic carbocycles. The minimum atomic E-state index is -0.377. The van der Waals surface area contributed by atoms with Gasteiger partial charge in [-0.05, 0) is 44.4 Å². The van der Waals surface area contributed by atoms with Crippen LogP contribution in [0, 0.1) is 24.6 Å². The summed E-state index contributed by atoms with van der Waals surface area (Å²) >= 11 is 0. The van der Waals surface area contributed by atoms with Crippen LogP contribution in [0.1, 0.15) is 35.7 Å². The molecule has 1 aromatic rings. The van der Waals surface area contributed by atoms with Gasteiger partial charge in [-0.25, -0.2) is 9.18 Å². The van der Waals surface area contributed by atoms with Crippen LogP contribution in [-0.4, -0.2) is 54.7 Å². The average molecular weight is 375 g/mol. The van der Waals surface area contributed by atoms with Crippen LogP contribution >= 0.6 is 0 Å². The molecule has 3 saturated heterocycles. The van der Waals surface area contributed by atoms with Gasteiger partial charge in [0.15, 0.2) is 0 Å². The average Bonchev–Trinajstić information content (AvgIpc) is 3.30. The number of ether oxygens (including phenoxy) is 1.